The van der Waals surface area contributed by atoms with Gasteiger partial charge in [-0.25, -0.2) is 0 Å². The molecule has 2 amide bonds. The second kappa shape index (κ2) is 8.95. The predicted molar refractivity (Wildman–Crippen MR) is 103 cm³/mol. The first kappa shape index (κ1) is 20.6. The number of hydrogen-bond donors (Lipinski definition) is 0. The highest BCUT2D eigenvalue weighted by Gasteiger charge is 2.41. The van der Waals surface area contributed by atoms with Crippen LogP contribution in [0.1, 0.15) is 36.9 Å². The lowest BCUT2D eigenvalue weighted by Gasteiger charge is -2.44. The van der Waals surface area contributed by atoms with Gasteiger partial charge in [-0.1, -0.05) is 17.7 Å². The van der Waals surface area contributed by atoms with Crippen LogP contribution in [0.15, 0.2) is 18.2 Å². The Morgan fingerprint density at radius 3 is 2.90 bits per heavy atom. The molecule has 0 saturated carbocycles. The highest BCUT2D eigenvalue weighted by molar-refractivity contribution is 5.82. The molecule has 0 bridgehead atoms. The van der Waals surface area contributed by atoms with Gasteiger partial charge in [0.05, 0.1) is 25.1 Å². The fourth-order valence-corrected chi connectivity index (χ4v) is 3.97. The number of rotatable bonds is 4. The molecule has 0 unspecified atom stereocenters. The van der Waals surface area contributed by atoms with Crippen molar-refractivity contribution in [2.45, 2.75) is 32.7 Å². The first-order valence-electron chi connectivity index (χ1n) is 9.71. The van der Waals surface area contributed by atoms with E-state index in [1.165, 1.54) is 6.92 Å². The van der Waals surface area contributed by atoms with Crippen molar-refractivity contribution >= 4 is 17.8 Å². The molecule has 2 heterocycles. The van der Waals surface area contributed by atoms with E-state index in [1.807, 2.05) is 25.1 Å². The predicted octanol–water partition coefficient (Wildman–Crippen LogP) is 1.58. The fraction of sp³-hybridized carbons (Fsp3) is 0.524. The molecule has 154 valence electrons. The molecule has 0 N–H and O–H groups in total. The molecule has 0 spiro atoms. The van der Waals surface area contributed by atoms with Crippen LogP contribution in [0.2, 0.25) is 0 Å². The Bertz CT molecular complexity index is 847. The van der Waals surface area contributed by atoms with Gasteiger partial charge in [0.2, 0.25) is 5.91 Å². The maximum atomic E-state index is 12.9. The summed E-state index contributed by atoms with van der Waals surface area (Å²) in [6.45, 7) is 4.21. The number of benzene rings is 1. The topological polar surface area (TPSA) is 99.9 Å². The molecule has 2 aliphatic rings. The lowest BCUT2D eigenvalue weighted by Crippen LogP contribution is -2.52. The maximum absolute atomic E-state index is 12.9. The Kier molecular flexibility index (Phi) is 6.37. The highest BCUT2D eigenvalue weighted by atomic mass is 16.5. The molecule has 1 saturated heterocycles. The lowest BCUT2D eigenvalue weighted by molar-refractivity contribution is -0.154. The molecule has 1 aromatic rings. The van der Waals surface area contributed by atoms with Crippen LogP contribution in [0.3, 0.4) is 0 Å². The third-order valence-corrected chi connectivity index (χ3v) is 5.31. The average Bonchev–Trinajstić information content (AvgIpc) is 2.68. The second-order valence-electron chi connectivity index (χ2n) is 7.42. The highest BCUT2D eigenvalue weighted by Crippen LogP contribution is 2.41. The van der Waals surface area contributed by atoms with E-state index >= 15 is 0 Å². The van der Waals surface area contributed by atoms with E-state index in [0.717, 1.165) is 16.9 Å². The number of ether oxygens (including phenoxy) is 2. The zero-order chi connectivity index (χ0) is 21.0. The number of nitriles is 1. The Morgan fingerprint density at radius 1 is 1.38 bits per heavy atom. The number of aryl methyl sites for hydroxylation is 1. The number of amides is 2. The first-order chi connectivity index (χ1) is 13.9. The Hall–Kier alpha value is -3.08. The van der Waals surface area contributed by atoms with Crippen molar-refractivity contribution in [2.24, 2.45) is 5.92 Å². The van der Waals surface area contributed by atoms with Gasteiger partial charge in [0, 0.05) is 44.5 Å². The van der Waals surface area contributed by atoms with Gasteiger partial charge in [-0.15, -0.1) is 0 Å². The monoisotopic (exact) mass is 399 g/mol. The minimum atomic E-state index is -0.524. The number of carbonyl (C=O) groups is 3. The summed E-state index contributed by atoms with van der Waals surface area (Å²) in [7, 11) is 0. The molecule has 0 aliphatic carbocycles. The van der Waals surface area contributed by atoms with Gasteiger partial charge in [-0.05, 0) is 13.0 Å². The smallest absolute Gasteiger partial charge is 0.303 e. The van der Waals surface area contributed by atoms with Gasteiger partial charge in [0.15, 0.2) is 6.61 Å². The van der Waals surface area contributed by atoms with Crippen molar-refractivity contribution < 1.29 is 23.9 Å². The molecule has 8 heteroatoms. The average molecular weight is 399 g/mol. The summed E-state index contributed by atoms with van der Waals surface area (Å²) in [6.07, 6.45) is 0.414. The summed E-state index contributed by atoms with van der Waals surface area (Å²) in [5.41, 5.74) is 1.94. The second-order valence-corrected chi connectivity index (χ2v) is 7.42. The van der Waals surface area contributed by atoms with E-state index in [-0.39, 0.29) is 49.8 Å². The van der Waals surface area contributed by atoms with Crippen LogP contribution in [0.4, 0.5) is 0 Å². The zero-order valence-corrected chi connectivity index (χ0v) is 16.7. The Labute approximate surface area is 170 Å². The summed E-state index contributed by atoms with van der Waals surface area (Å²) in [5, 5.41) is 8.91. The minimum absolute atomic E-state index is 0.0981. The molecule has 3 rings (SSSR count). The molecule has 1 aromatic carbocycles. The standard InChI is InChI=1S/C21H25N3O5/c1-14-4-5-18-17(10-14)21-16(12-29-18)11-23(8-3-7-22)19(26)6-9-24(21)20(27)13-28-15(2)25/h4-5,10,16,21H,3,6,8-9,11-13H2,1-2H3/t16-,21-/m0/s1. The number of nitrogens with zero attached hydrogens (tertiary/aromatic N) is 3. The molecule has 29 heavy (non-hydrogen) atoms. The number of carbonyl (C=O) groups excluding carboxylic acids is 3. The van der Waals surface area contributed by atoms with E-state index in [9.17, 15) is 14.4 Å². The van der Waals surface area contributed by atoms with E-state index in [4.69, 9.17) is 14.7 Å². The van der Waals surface area contributed by atoms with Gasteiger partial charge in [0.1, 0.15) is 5.75 Å². The van der Waals surface area contributed by atoms with Crippen molar-refractivity contribution in [1.82, 2.24) is 9.80 Å². The number of esters is 1. The van der Waals surface area contributed by atoms with Crippen LogP contribution in [0.25, 0.3) is 0 Å². The molecular formula is C21H25N3O5. The van der Waals surface area contributed by atoms with Crippen LogP contribution in [-0.2, 0) is 19.1 Å². The third kappa shape index (κ3) is 4.67. The zero-order valence-electron chi connectivity index (χ0n) is 16.7. The van der Waals surface area contributed by atoms with Gasteiger partial charge in [-0.2, -0.15) is 5.26 Å². The van der Waals surface area contributed by atoms with Crippen molar-refractivity contribution in [3.05, 3.63) is 29.3 Å². The molecule has 0 radical (unpaired) electrons. The maximum Gasteiger partial charge on any atom is 0.303 e. The minimum Gasteiger partial charge on any atom is -0.493 e. The van der Waals surface area contributed by atoms with Crippen LogP contribution >= 0.6 is 0 Å². The molecule has 0 aromatic heterocycles. The molecule has 8 nitrogen and oxygen atoms in total. The summed E-state index contributed by atoms with van der Waals surface area (Å²) in [4.78, 5) is 40.1. The van der Waals surface area contributed by atoms with Crippen LogP contribution in [0.5, 0.6) is 5.75 Å². The molecule has 1 fully saturated rings. The van der Waals surface area contributed by atoms with Crippen molar-refractivity contribution in [2.75, 3.05) is 32.8 Å². The van der Waals surface area contributed by atoms with E-state index in [2.05, 4.69) is 6.07 Å². The Balaban J connectivity index is 1.96. The largest absolute Gasteiger partial charge is 0.493 e. The Morgan fingerprint density at radius 2 is 2.17 bits per heavy atom. The van der Waals surface area contributed by atoms with Crippen molar-refractivity contribution in [3.63, 3.8) is 0 Å². The number of fused-ring (bicyclic) bond motifs is 3. The van der Waals surface area contributed by atoms with Crippen LogP contribution < -0.4 is 4.74 Å². The van der Waals surface area contributed by atoms with Crippen LogP contribution in [-0.4, -0.2) is 60.4 Å². The van der Waals surface area contributed by atoms with E-state index in [1.54, 1.807) is 9.80 Å². The van der Waals surface area contributed by atoms with Gasteiger partial charge in [0.25, 0.3) is 5.91 Å². The van der Waals surface area contributed by atoms with Crippen molar-refractivity contribution in [3.8, 4) is 11.8 Å². The van der Waals surface area contributed by atoms with Gasteiger partial charge in [-0.3, -0.25) is 14.4 Å². The summed E-state index contributed by atoms with van der Waals surface area (Å²) >= 11 is 0. The summed E-state index contributed by atoms with van der Waals surface area (Å²) in [5.74, 6) is -0.378. The van der Waals surface area contributed by atoms with Crippen LogP contribution in [0, 0.1) is 24.2 Å². The fourth-order valence-electron chi connectivity index (χ4n) is 3.97. The molecular weight excluding hydrogens is 374 g/mol. The quantitative estimate of drug-likeness (QED) is 0.713. The summed E-state index contributed by atoms with van der Waals surface area (Å²) < 4.78 is 10.9. The first-order valence-corrected chi connectivity index (χ1v) is 9.71. The third-order valence-electron chi connectivity index (χ3n) is 5.31. The van der Waals surface area contributed by atoms with E-state index < -0.39 is 5.97 Å². The SMILES string of the molecule is CC(=O)OCC(=O)N1CCC(=O)N(CCC#N)C[C@H]2COc3ccc(C)cc3[C@H]21. The summed E-state index contributed by atoms with van der Waals surface area (Å²) in [6, 6.07) is 7.64. The van der Waals surface area contributed by atoms with E-state index in [0.29, 0.717) is 19.7 Å². The normalized spacial score (nSPS) is 21.1. The lowest BCUT2D eigenvalue weighted by atomic mass is 9.86. The number of hydrogen-bond acceptors (Lipinski definition) is 6. The molecule has 2 aliphatic heterocycles. The van der Waals surface area contributed by atoms with Gasteiger partial charge >= 0.3 is 5.97 Å². The molecule has 2 atom stereocenters. The van der Waals surface area contributed by atoms with Gasteiger partial charge < -0.3 is 19.3 Å². The van der Waals surface area contributed by atoms with Crippen molar-refractivity contribution in [1.29, 1.82) is 5.26 Å².